The first kappa shape index (κ1) is 23.7. The smallest absolute Gasteiger partial charge is 0.407 e. The number of aromatic carboxylic acids is 1. The van der Waals surface area contributed by atoms with Crippen LogP contribution in [0.3, 0.4) is 0 Å². The quantitative estimate of drug-likeness (QED) is 0.588. The second kappa shape index (κ2) is 11.0. The third-order valence-corrected chi connectivity index (χ3v) is 4.12. The Morgan fingerprint density at radius 3 is 2.29 bits per heavy atom. The molecular formula is C23H28N2O6. The van der Waals surface area contributed by atoms with Crippen LogP contribution in [0.4, 0.5) is 9.59 Å². The predicted octanol–water partition coefficient (Wildman–Crippen LogP) is 3.88. The number of carboxylic acids is 1. The van der Waals surface area contributed by atoms with Gasteiger partial charge in [-0.1, -0.05) is 42.5 Å². The summed E-state index contributed by atoms with van der Waals surface area (Å²) in [4.78, 5) is 35.2. The Bertz CT molecular complexity index is 906. The third-order valence-electron chi connectivity index (χ3n) is 4.12. The molecule has 2 aromatic rings. The Labute approximate surface area is 181 Å². The lowest BCUT2D eigenvalue weighted by Gasteiger charge is -2.20. The zero-order valence-electron chi connectivity index (χ0n) is 17.9. The number of amides is 2. The lowest BCUT2D eigenvalue weighted by molar-refractivity contribution is 0.0520. The van der Waals surface area contributed by atoms with Crippen LogP contribution in [-0.4, -0.2) is 35.4 Å². The maximum Gasteiger partial charge on any atom is 0.407 e. The molecule has 0 atom stereocenters. The summed E-state index contributed by atoms with van der Waals surface area (Å²) in [7, 11) is 0. The van der Waals surface area contributed by atoms with Crippen molar-refractivity contribution in [1.29, 1.82) is 0 Å². The highest BCUT2D eigenvalue weighted by Gasteiger charge is 2.17. The summed E-state index contributed by atoms with van der Waals surface area (Å²) >= 11 is 0. The van der Waals surface area contributed by atoms with Crippen molar-refractivity contribution in [1.82, 2.24) is 10.6 Å². The van der Waals surface area contributed by atoms with E-state index < -0.39 is 23.8 Å². The Hall–Kier alpha value is -3.55. The van der Waals surface area contributed by atoms with Crippen molar-refractivity contribution in [2.45, 2.75) is 45.9 Å². The minimum Gasteiger partial charge on any atom is -0.478 e. The van der Waals surface area contributed by atoms with Gasteiger partial charge in [-0.3, -0.25) is 0 Å². The van der Waals surface area contributed by atoms with E-state index in [-0.39, 0.29) is 18.7 Å². The van der Waals surface area contributed by atoms with Gasteiger partial charge in [-0.2, -0.15) is 0 Å². The first-order valence-electron chi connectivity index (χ1n) is 9.90. The van der Waals surface area contributed by atoms with E-state index in [9.17, 15) is 19.5 Å². The molecule has 0 saturated heterocycles. The summed E-state index contributed by atoms with van der Waals surface area (Å²) in [5.74, 6) is -1.10. The fourth-order valence-electron chi connectivity index (χ4n) is 2.70. The van der Waals surface area contributed by atoms with E-state index in [4.69, 9.17) is 9.47 Å². The standard InChI is InChI=1S/C23H28N2O6/c1-23(2,3)31-22(29)25-14-18-10-9-16(13-19(18)20(26)27)11-12-24-21(28)30-15-17-7-5-4-6-8-17/h4-10,13H,11-12,14-15H2,1-3H3,(H,24,28)(H,25,29)(H,26,27). The highest BCUT2D eigenvalue weighted by Crippen LogP contribution is 2.14. The number of carboxylic acid groups (broad SMARTS) is 1. The Kier molecular flexibility index (Phi) is 8.43. The molecule has 0 unspecified atom stereocenters. The second-order valence-corrected chi connectivity index (χ2v) is 7.89. The molecule has 2 amide bonds. The summed E-state index contributed by atoms with van der Waals surface area (Å²) in [6.07, 6.45) is -0.729. The highest BCUT2D eigenvalue weighted by molar-refractivity contribution is 5.89. The molecule has 8 heteroatoms. The monoisotopic (exact) mass is 428 g/mol. The van der Waals surface area contributed by atoms with Crippen LogP contribution in [-0.2, 0) is 29.0 Å². The molecule has 0 fully saturated rings. The molecule has 0 heterocycles. The van der Waals surface area contributed by atoms with E-state index in [1.807, 2.05) is 30.3 Å². The number of carbonyl (C=O) groups excluding carboxylic acids is 2. The molecule has 3 N–H and O–H groups in total. The van der Waals surface area contributed by atoms with Crippen LogP contribution in [0.5, 0.6) is 0 Å². The molecule has 31 heavy (non-hydrogen) atoms. The van der Waals surface area contributed by atoms with Crippen molar-refractivity contribution in [3.05, 3.63) is 70.8 Å². The van der Waals surface area contributed by atoms with Gasteiger partial charge in [0.2, 0.25) is 0 Å². The van der Waals surface area contributed by atoms with Crippen molar-refractivity contribution in [2.75, 3.05) is 6.54 Å². The topological polar surface area (TPSA) is 114 Å². The van der Waals surface area contributed by atoms with E-state index in [0.717, 1.165) is 11.1 Å². The van der Waals surface area contributed by atoms with Crippen LogP contribution in [0.25, 0.3) is 0 Å². The lowest BCUT2D eigenvalue weighted by Crippen LogP contribution is -2.32. The molecule has 0 aliphatic rings. The van der Waals surface area contributed by atoms with Crippen LogP contribution in [0.1, 0.15) is 47.8 Å². The number of benzene rings is 2. The molecule has 166 valence electrons. The average Bonchev–Trinajstić information content (AvgIpc) is 2.70. The Balaban J connectivity index is 1.85. The van der Waals surface area contributed by atoms with Crippen molar-refractivity contribution >= 4 is 18.2 Å². The van der Waals surface area contributed by atoms with Gasteiger partial charge in [-0.15, -0.1) is 0 Å². The molecule has 0 spiro atoms. The fourth-order valence-corrected chi connectivity index (χ4v) is 2.70. The van der Waals surface area contributed by atoms with Gasteiger partial charge in [0.05, 0.1) is 5.56 Å². The first-order chi connectivity index (χ1) is 14.6. The molecule has 2 aromatic carbocycles. The van der Waals surface area contributed by atoms with Crippen molar-refractivity contribution in [2.24, 2.45) is 0 Å². The molecular weight excluding hydrogens is 400 g/mol. The molecule has 8 nitrogen and oxygen atoms in total. The van der Waals surface area contributed by atoms with E-state index in [1.54, 1.807) is 32.9 Å². The lowest BCUT2D eigenvalue weighted by atomic mass is 10.0. The summed E-state index contributed by atoms with van der Waals surface area (Å²) in [5, 5.41) is 14.7. The molecule has 0 saturated carbocycles. The van der Waals surface area contributed by atoms with Crippen LogP contribution in [0, 0.1) is 0 Å². The second-order valence-electron chi connectivity index (χ2n) is 7.89. The SMILES string of the molecule is CC(C)(C)OC(=O)NCc1ccc(CCNC(=O)OCc2ccccc2)cc1C(=O)O. The number of nitrogens with one attached hydrogen (secondary N) is 2. The van der Waals surface area contributed by atoms with Crippen molar-refractivity contribution in [3.63, 3.8) is 0 Å². The maximum atomic E-state index is 11.8. The van der Waals surface area contributed by atoms with Crippen molar-refractivity contribution < 1.29 is 29.0 Å². The molecule has 0 aliphatic carbocycles. The van der Waals surface area contributed by atoms with E-state index in [2.05, 4.69) is 10.6 Å². The van der Waals surface area contributed by atoms with Gasteiger partial charge in [0.15, 0.2) is 0 Å². The fraction of sp³-hybridized carbons (Fsp3) is 0.348. The molecule has 0 radical (unpaired) electrons. The van der Waals surface area contributed by atoms with Crippen molar-refractivity contribution in [3.8, 4) is 0 Å². The zero-order valence-corrected chi connectivity index (χ0v) is 17.9. The number of hydrogen-bond acceptors (Lipinski definition) is 5. The van der Waals surface area contributed by atoms with Crippen LogP contribution in [0.2, 0.25) is 0 Å². The minimum atomic E-state index is -1.10. The maximum absolute atomic E-state index is 11.8. The molecule has 0 aliphatic heterocycles. The van der Waals surface area contributed by atoms with Crippen LogP contribution >= 0.6 is 0 Å². The highest BCUT2D eigenvalue weighted by atomic mass is 16.6. The summed E-state index contributed by atoms with van der Waals surface area (Å²) in [5.41, 5.74) is 1.53. The van der Waals surface area contributed by atoms with Gasteiger partial charge in [0.1, 0.15) is 12.2 Å². The molecule has 2 rings (SSSR count). The predicted molar refractivity (Wildman–Crippen MR) is 115 cm³/mol. The van der Waals surface area contributed by atoms with Gasteiger partial charge >= 0.3 is 18.2 Å². The molecule has 0 bridgehead atoms. The van der Waals surface area contributed by atoms with Gasteiger partial charge < -0.3 is 25.2 Å². The van der Waals surface area contributed by atoms with Crippen LogP contribution in [0.15, 0.2) is 48.5 Å². The van der Waals surface area contributed by atoms with Gasteiger partial charge in [-0.25, -0.2) is 14.4 Å². The molecule has 0 aromatic heterocycles. The largest absolute Gasteiger partial charge is 0.478 e. The normalized spacial score (nSPS) is 10.8. The van der Waals surface area contributed by atoms with Crippen LogP contribution < -0.4 is 10.6 Å². The summed E-state index contributed by atoms with van der Waals surface area (Å²) in [6.45, 7) is 5.74. The number of hydrogen-bond donors (Lipinski definition) is 3. The van der Waals surface area contributed by atoms with Gasteiger partial charge in [0.25, 0.3) is 0 Å². The van der Waals surface area contributed by atoms with E-state index >= 15 is 0 Å². The number of carbonyl (C=O) groups is 3. The van der Waals surface area contributed by atoms with Gasteiger partial charge in [0, 0.05) is 13.1 Å². The summed E-state index contributed by atoms with van der Waals surface area (Å²) < 4.78 is 10.3. The summed E-state index contributed by atoms with van der Waals surface area (Å²) in [6, 6.07) is 14.3. The number of ether oxygens (including phenoxy) is 2. The Morgan fingerprint density at radius 1 is 0.935 bits per heavy atom. The first-order valence-corrected chi connectivity index (χ1v) is 9.90. The van der Waals surface area contributed by atoms with Gasteiger partial charge in [-0.05, 0) is 49.9 Å². The Morgan fingerprint density at radius 2 is 1.65 bits per heavy atom. The third kappa shape index (κ3) is 8.77. The number of alkyl carbamates (subject to hydrolysis) is 2. The minimum absolute atomic E-state index is 0.0287. The zero-order chi connectivity index (χ0) is 22.9. The number of rotatable bonds is 8. The van der Waals surface area contributed by atoms with E-state index in [0.29, 0.717) is 18.5 Å². The van der Waals surface area contributed by atoms with E-state index in [1.165, 1.54) is 6.07 Å². The average molecular weight is 428 g/mol.